The zero-order valence-electron chi connectivity index (χ0n) is 20.5. The van der Waals surface area contributed by atoms with E-state index in [1.54, 1.807) is 7.11 Å². The molecule has 36 heavy (non-hydrogen) atoms. The molecule has 0 unspecified atom stereocenters. The summed E-state index contributed by atoms with van der Waals surface area (Å²) in [6, 6.07) is 32.3. The van der Waals surface area contributed by atoms with Gasteiger partial charge in [-0.1, -0.05) is 72.8 Å². The minimum Gasteiger partial charge on any atom is -0.497 e. The van der Waals surface area contributed by atoms with E-state index in [-0.39, 0.29) is 11.9 Å². The molecule has 1 atom stereocenters. The van der Waals surface area contributed by atoms with Crippen LogP contribution in [0.3, 0.4) is 0 Å². The summed E-state index contributed by atoms with van der Waals surface area (Å²) in [5.41, 5.74) is 7.00. The first-order chi connectivity index (χ1) is 17.6. The average Bonchev–Trinajstić information content (AvgIpc) is 3.30. The van der Waals surface area contributed by atoms with E-state index in [1.807, 2.05) is 85.8 Å². The number of aromatic nitrogens is 2. The van der Waals surface area contributed by atoms with E-state index in [0.717, 1.165) is 45.0 Å². The van der Waals surface area contributed by atoms with Crippen LogP contribution in [0.1, 0.15) is 30.6 Å². The molecule has 0 bridgehead atoms. The number of methoxy groups -OCH3 is 1. The van der Waals surface area contributed by atoms with Crippen LogP contribution in [0.25, 0.3) is 28.0 Å². The van der Waals surface area contributed by atoms with E-state index in [2.05, 4.69) is 34.1 Å². The number of fused-ring (bicyclic) bond motifs is 1. The van der Waals surface area contributed by atoms with Crippen molar-refractivity contribution in [3.63, 3.8) is 0 Å². The van der Waals surface area contributed by atoms with Crippen molar-refractivity contribution in [2.75, 3.05) is 7.11 Å². The second kappa shape index (κ2) is 10.5. The Morgan fingerprint density at radius 2 is 1.61 bits per heavy atom. The van der Waals surface area contributed by atoms with Crippen LogP contribution in [-0.4, -0.2) is 22.4 Å². The standard InChI is InChI=1S/C31H29N3O2/c1-22(23-10-5-3-6-11-23)32-30(35)19-17-28-31(25-14-9-15-27(20-25)36-2)33-29-18-16-26(21-34(28)29)24-12-7-4-8-13-24/h3-16,18,20-22H,17,19H2,1-2H3,(H,32,35)/t22-/m1/s1. The second-order valence-corrected chi connectivity index (χ2v) is 8.85. The van der Waals surface area contributed by atoms with Gasteiger partial charge in [0, 0.05) is 18.2 Å². The van der Waals surface area contributed by atoms with Crippen molar-refractivity contribution >= 4 is 11.6 Å². The molecule has 3 aromatic carbocycles. The van der Waals surface area contributed by atoms with Gasteiger partial charge in [0.2, 0.25) is 5.91 Å². The lowest BCUT2D eigenvalue weighted by molar-refractivity contribution is -0.121. The number of ether oxygens (including phenoxy) is 1. The quantitative estimate of drug-likeness (QED) is 0.279. The fourth-order valence-electron chi connectivity index (χ4n) is 4.51. The molecule has 0 aliphatic rings. The van der Waals surface area contributed by atoms with Crippen LogP contribution in [0.5, 0.6) is 5.75 Å². The maximum Gasteiger partial charge on any atom is 0.220 e. The fraction of sp³-hybridized carbons (Fsp3) is 0.161. The Balaban J connectivity index is 1.48. The molecule has 0 aliphatic heterocycles. The van der Waals surface area contributed by atoms with Gasteiger partial charge in [-0.15, -0.1) is 0 Å². The second-order valence-electron chi connectivity index (χ2n) is 8.85. The Hall–Kier alpha value is -4.38. The SMILES string of the molecule is COc1cccc(-c2nc3ccc(-c4ccccc4)cn3c2CCC(=O)N[C@H](C)c2ccccc2)c1. The Labute approximate surface area is 211 Å². The topological polar surface area (TPSA) is 55.6 Å². The monoisotopic (exact) mass is 475 g/mol. The van der Waals surface area contributed by atoms with Gasteiger partial charge in [-0.25, -0.2) is 4.98 Å². The molecule has 5 rings (SSSR count). The van der Waals surface area contributed by atoms with Crippen molar-refractivity contribution in [3.05, 3.63) is 115 Å². The minimum absolute atomic E-state index is 0.0112. The van der Waals surface area contributed by atoms with E-state index in [4.69, 9.17) is 9.72 Å². The lowest BCUT2D eigenvalue weighted by Gasteiger charge is -2.14. The van der Waals surface area contributed by atoms with Crippen molar-refractivity contribution in [2.24, 2.45) is 0 Å². The molecular formula is C31H29N3O2. The van der Waals surface area contributed by atoms with Crippen LogP contribution in [-0.2, 0) is 11.2 Å². The van der Waals surface area contributed by atoms with E-state index < -0.39 is 0 Å². The number of amides is 1. The zero-order chi connectivity index (χ0) is 24.9. The minimum atomic E-state index is -0.0524. The maximum absolute atomic E-state index is 12.9. The molecule has 0 saturated heterocycles. The number of imidazole rings is 1. The summed E-state index contributed by atoms with van der Waals surface area (Å²) < 4.78 is 7.57. The van der Waals surface area contributed by atoms with Crippen molar-refractivity contribution in [2.45, 2.75) is 25.8 Å². The third kappa shape index (κ3) is 5.01. The van der Waals surface area contributed by atoms with E-state index in [9.17, 15) is 4.79 Å². The molecule has 1 N–H and O–H groups in total. The highest BCUT2D eigenvalue weighted by atomic mass is 16.5. The highest BCUT2D eigenvalue weighted by Crippen LogP contribution is 2.30. The Morgan fingerprint density at radius 3 is 2.36 bits per heavy atom. The van der Waals surface area contributed by atoms with Crippen molar-refractivity contribution in [3.8, 4) is 28.1 Å². The molecular weight excluding hydrogens is 446 g/mol. The van der Waals surface area contributed by atoms with Crippen LogP contribution in [0.2, 0.25) is 0 Å². The summed E-state index contributed by atoms with van der Waals surface area (Å²) in [6.45, 7) is 2.01. The number of aryl methyl sites for hydroxylation is 1. The molecule has 180 valence electrons. The molecule has 0 radical (unpaired) electrons. The average molecular weight is 476 g/mol. The summed E-state index contributed by atoms with van der Waals surface area (Å²) in [5, 5.41) is 3.13. The predicted octanol–water partition coefficient (Wildman–Crippen LogP) is 6.49. The van der Waals surface area contributed by atoms with Crippen LogP contribution < -0.4 is 10.1 Å². The Bertz CT molecular complexity index is 1480. The molecule has 5 nitrogen and oxygen atoms in total. The smallest absolute Gasteiger partial charge is 0.220 e. The van der Waals surface area contributed by atoms with Gasteiger partial charge in [0.1, 0.15) is 11.4 Å². The lowest BCUT2D eigenvalue weighted by atomic mass is 10.1. The molecule has 0 spiro atoms. The molecule has 2 heterocycles. The van der Waals surface area contributed by atoms with Crippen molar-refractivity contribution in [1.29, 1.82) is 0 Å². The highest BCUT2D eigenvalue weighted by molar-refractivity contribution is 5.77. The van der Waals surface area contributed by atoms with E-state index >= 15 is 0 Å². The van der Waals surface area contributed by atoms with Crippen LogP contribution >= 0.6 is 0 Å². The molecule has 2 aromatic heterocycles. The number of rotatable bonds is 8. The summed E-state index contributed by atoms with van der Waals surface area (Å²) in [7, 11) is 1.66. The normalized spacial score (nSPS) is 11.8. The van der Waals surface area contributed by atoms with Crippen molar-refractivity contribution in [1.82, 2.24) is 14.7 Å². The van der Waals surface area contributed by atoms with Gasteiger partial charge in [-0.05, 0) is 54.3 Å². The number of hydrogen-bond acceptors (Lipinski definition) is 3. The third-order valence-electron chi connectivity index (χ3n) is 6.43. The summed E-state index contributed by atoms with van der Waals surface area (Å²) in [4.78, 5) is 17.9. The Morgan fingerprint density at radius 1 is 0.889 bits per heavy atom. The van der Waals surface area contributed by atoms with Crippen LogP contribution in [0.4, 0.5) is 0 Å². The van der Waals surface area contributed by atoms with Crippen LogP contribution in [0, 0.1) is 0 Å². The van der Waals surface area contributed by atoms with Gasteiger partial charge in [0.15, 0.2) is 0 Å². The van der Waals surface area contributed by atoms with Gasteiger partial charge < -0.3 is 14.5 Å². The number of nitrogens with zero attached hydrogens (tertiary/aromatic N) is 2. The molecule has 0 saturated carbocycles. The predicted molar refractivity (Wildman–Crippen MR) is 144 cm³/mol. The van der Waals surface area contributed by atoms with Gasteiger partial charge in [0.25, 0.3) is 0 Å². The van der Waals surface area contributed by atoms with E-state index in [0.29, 0.717) is 12.8 Å². The van der Waals surface area contributed by atoms with E-state index in [1.165, 1.54) is 0 Å². The highest BCUT2D eigenvalue weighted by Gasteiger charge is 2.17. The number of pyridine rings is 1. The summed E-state index contributed by atoms with van der Waals surface area (Å²) in [5.74, 6) is 0.784. The number of hydrogen-bond donors (Lipinski definition) is 1. The first-order valence-electron chi connectivity index (χ1n) is 12.2. The van der Waals surface area contributed by atoms with Gasteiger partial charge in [0.05, 0.1) is 24.5 Å². The number of nitrogens with one attached hydrogen (secondary N) is 1. The zero-order valence-corrected chi connectivity index (χ0v) is 20.5. The maximum atomic E-state index is 12.9. The fourth-order valence-corrected chi connectivity index (χ4v) is 4.51. The number of benzene rings is 3. The molecule has 5 aromatic rings. The largest absolute Gasteiger partial charge is 0.497 e. The van der Waals surface area contributed by atoms with Gasteiger partial charge in [-0.2, -0.15) is 0 Å². The number of carbonyl (C=O) groups is 1. The molecule has 0 fully saturated rings. The van der Waals surface area contributed by atoms with Gasteiger partial charge >= 0.3 is 0 Å². The lowest BCUT2D eigenvalue weighted by Crippen LogP contribution is -2.26. The molecule has 5 heteroatoms. The third-order valence-corrected chi connectivity index (χ3v) is 6.43. The first kappa shape index (κ1) is 23.4. The Kier molecular flexibility index (Phi) is 6.80. The summed E-state index contributed by atoms with van der Waals surface area (Å²) in [6.07, 6.45) is 3.03. The molecule has 1 amide bonds. The summed E-state index contributed by atoms with van der Waals surface area (Å²) >= 11 is 0. The van der Waals surface area contributed by atoms with Crippen LogP contribution in [0.15, 0.2) is 103 Å². The first-order valence-corrected chi connectivity index (χ1v) is 12.2. The van der Waals surface area contributed by atoms with Crippen molar-refractivity contribution < 1.29 is 9.53 Å². The molecule has 0 aliphatic carbocycles. The number of carbonyl (C=O) groups excluding carboxylic acids is 1. The van der Waals surface area contributed by atoms with Gasteiger partial charge in [-0.3, -0.25) is 4.79 Å².